The molecule has 2 aromatic rings. The fourth-order valence-electron chi connectivity index (χ4n) is 2.16. The fourth-order valence-corrected chi connectivity index (χ4v) is 2.36. The fraction of sp³-hybridized carbons (Fsp3) is 0.294. The summed E-state index contributed by atoms with van der Waals surface area (Å²) in [6.07, 6.45) is 0. The molecule has 0 aliphatic heterocycles. The van der Waals surface area contributed by atoms with Crippen LogP contribution in [0.15, 0.2) is 42.5 Å². The maximum absolute atomic E-state index is 6.02. The van der Waals surface area contributed by atoms with E-state index in [0.29, 0.717) is 6.04 Å². The van der Waals surface area contributed by atoms with Crippen molar-refractivity contribution in [3.63, 3.8) is 0 Å². The molecule has 1 unspecified atom stereocenters. The van der Waals surface area contributed by atoms with Crippen LogP contribution in [0.4, 0.5) is 0 Å². The molecule has 100 valence electrons. The molecule has 0 saturated heterocycles. The normalized spacial score (nSPS) is 12.4. The number of aryl methyl sites for hydroxylation is 1. The molecule has 0 amide bonds. The Bertz CT molecular complexity index is 563. The molecule has 1 atom stereocenters. The Morgan fingerprint density at radius 2 is 1.84 bits per heavy atom. The largest absolute Gasteiger partial charge is 0.306 e. The highest BCUT2D eigenvalue weighted by Gasteiger charge is 2.06. The topological polar surface area (TPSA) is 12.0 Å². The van der Waals surface area contributed by atoms with Gasteiger partial charge in [0.1, 0.15) is 0 Å². The van der Waals surface area contributed by atoms with Gasteiger partial charge < -0.3 is 5.32 Å². The Morgan fingerprint density at radius 1 is 1.11 bits per heavy atom. The summed E-state index contributed by atoms with van der Waals surface area (Å²) in [4.78, 5) is 0. The monoisotopic (exact) mass is 273 g/mol. The Morgan fingerprint density at radius 3 is 2.58 bits per heavy atom. The molecule has 0 aliphatic carbocycles. The van der Waals surface area contributed by atoms with E-state index in [4.69, 9.17) is 11.6 Å². The predicted molar refractivity (Wildman–Crippen MR) is 82.6 cm³/mol. The lowest BCUT2D eigenvalue weighted by Gasteiger charge is -2.16. The number of nitrogens with one attached hydrogen (secondary N) is 1. The Hall–Kier alpha value is -1.31. The van der Waals surface area contributed by atoms with Crippen molar-refractivity contribution in [2.45, 2.75) is 33.4 Å². The summed E-state index contributed by atoms with van der Waals surface area (Å²) in [5.74, 6) is 0. The predicted octanol–water partition coefficient (Wildman–Crippen LogP) is 4.81. The molecular formula is C17H20ClN. The van der Waals surface area contributed by atoms with Gasteiger partial charge in [-0.3, -0.25) is 0 Å². The summed E-state index contributed by atoms with van der Waals surface area (Å²) in [7, 11) is 0. The van der Waals surface area contributed by atoms with Crippen LogP contribution >= 0.6 is 11.6 Å². The third-order valence-corrected chi connectivity index (χ3v) is 3.90. The second kappa shape index (κ2) is 6.23. The quantitative estimate of drug-likeness (QED) is 0.843. The summed E-state index contributed by atoms with van der Waals surface area (Å²) in [5, 5.41) is 4.34. The van der Waals surface area contributed by atoms with E-state index in [2.05, 4.69) is 50.4 Å². The van der Waals surface area contributed by atoms with Gasteiger partial charge in [-0.05, 0) is 55.2 Å². The Labute approximate surface area is 120 Å². The van der Waals surface area contributed by atoms with Gasteiger partial charge in [-0.25, -0.2) is 0 Å². The first-order chi connectivity index (χ1) is 9.08. The standard InChI is InChI=1S/C17H20ClN/c1-12-6-4-8-16(13(12)2)11-19-14(3)15-7-5-9-17(18)10-15/h4-10,14,19H,11H2,1-3H3. The molecule has 2 heteroatoms. The van der Waals surface area contributed by atoms with Crippen LogP contribution in [0.25, 0.3) is 0 Å². The second-order valence-electron chi connectivity index (χ2n) is 5.02. The van der Waals surface area contributed by atoms with Crippen molar-refractivity contribution in [2.24, 2.45) is 0 Å². The van der Waals surface area contributed by atoms with Crippen LogP contribution in [0.5, 0.6) is 0 Å². The number of benzene rings is 2. The van der Waals surface area contributed by atoms with Gasteiger partial charge in [0, 0.05) is 17.6 Å². The molecule has 0 saturated carbocycles. The number of halogens is 1. The average molecular weight is 274 g/mol. The highest BCUT2D eigenvalue weighted by Crippen LogP contribution is 2.19. The van der Waals surface area contributed by atoms with Gasteiger partial charge >= 0.3 is 0 Å². The van der Waals surface area contributed by atoms with Crippen molar-refractivity contribution in [3.05, 3.63) is 69.7 Å². The van der Waals surface area contributed by atoms with Crippen molar-refractivity contribution < 1.29 is 0 Å². The van der Waals surface area contributed by atoms with Gasteiger partial charge in [0.25, 0.3) is 0 Å². The third kappa shape index (κ3) is 3.59. The van der Waals surface area contributed by atoms with Crippen molar-refractivity contribution in [3.8, 4) is 0 Å². The van der Waals surface area contributed by atoms with Crippen LogP contribution in [-0.4, -0.2) is 0 Å². The van der Waals surface area contributed by atoms with Gasteiger partial charge in [0.2, 0.25) is 0 Å². The minimum atomic E-state index is 0.290. The zero-order valence-corrected chi connectivity index (χ0v) is 12.5. The van der Waals surface area contributed by atoms with E-state index in [9.17, 15) is 0 Å². The summed E-state index contributed by atoms with van der Waals surface area (Å²) in [6, 6.07) is 14.8. The molecule has 0 spiro atoms. The molecule has 0 aromatic heterocycles. The van der Waals surface area contributed by atoms with E-state index in [1.54, 1.807) is 0 Å². The SMILES string of the molecule is Cc1cccc(CNC(C)c2cccc(Cl)c2)c1C. The Balaban J connectivity index is 2.04. The van der Waals surface area contributed by atoms with Crippen LogP contribution in [0.3, 0.4) is 0 Å². The summed E-state index contributed by atoms with van der Waals surface area (Å²) >= 11 is 6.02. The molecule has 2 aromatic carbocycles. The van der Waals surface area contributed by atoms with Gasteiger partial charge in [-0.2, -0.15) is 0 Å². The van der Waals surface area contributed by atoms with Crippen LogP contribution in [0.1, 0.15) is 35.2 Å². The summed E-state index contributed by atoms with van der Waals surface area (Å²) in [5.41, 5.74) is 5.29. The highest BCUT2D eigenvalue weighted by molar-refractivity contribution is 6.30. The van der Waals surface area contributed by atoms with Crippen LogP contribution in [-0.2, 0) is 6.54 Å². The van der Waals surface area contributed by atoms with Crippen molar-refractivity contribution in [1.82, 2.24) is 5.32 Å². The van der Waals surface area contributed by atoms with Crippen molar-refractivity contribution in [1.29, 1.82) is 0 Å². The smallest absolute Gasteiger partial charge is 0.0409 e. The van der Waals surface area contributed by atoms with Gasteiger partial charge in [-0.15, -0.1) is 0 Å². The lowest BCUT2D eigenvalue weighted by molar-refractivity contribution is 0.573. The first-order valence-electron chi connectivity index (χ1n) is 6.62. The van der Waals surface area contributed by atoms with E-state index in [1.807, 2.05) is 18.2 Å². The highest BCUT2D eigenvalue weighted by atomic mass is 35.5. The van der Waals surface area contributed by atoms with E-state index >= 15 is 0 Å². The van der Waals surface area contributed by atoms with Gasteiger partial charge in [0.15, 0.2) is 0 Å². The molecule has 0 radical (unpaired) electrons. The minimum absolute atomic E-state index is 0.290. The average Bonchev–Trinajstić information content (AvgIpc) is 2.40. The zero-order valence-electron chi connectivity index (χ0n) is 11.7. The van der Waals surface area contributed by atoms with E-state index in [1.165, 1.54) is 22.3 Å². The lowest BCUT2D eigenvalue weighted by Crippen LogP contribution is -2.18. The molecule has 0 bridgehead atoms. The molecule has 0 heterocycles. The third-order valence-electron chi connectivity index (χ3n) is 3.66. The second-order valence-corrected chi connectivity index (χ2v) is 5.45. The summed E-state index contributed by atoms with van der Waals surface area (Å²) < 4.78 is 0. The molecule has 1 N–H and O–H groups in total. The zero-order chi connectivity index (χ0) is 13.8. The molecule has 19 heavy (non-hydrogen) atoms. The van der Waals surface area contributed by atoms with Crippen LogP contribution < -0.4 is 5.32 Å². The van der Waals surface area contributed by atoms with E-state index in [-0.39, 0.29) is 0 Å². The summed E-state index contributed by atoms with van der Waals surface area (Å²) in [6.45, 7) is 7.37. The van der Waals surface area contributed by atoms with Crippen molar-refractivity contribution in [2.75, 3.05) is 0 Å². The van der Waals surface area contributed by atoms with E-state index in [0.717, 1.165) is 11.6 Å². The van der Waals surface area contributed by atoms with Crippen LogP contribution in [0.2, 0.25) is 5.02 Å². The van der Waals surface area contributed by atoms with Crippen LogP contribution in [0, 0.1) is 13.8 Å². The number of hydrogen-bond donors (Lipinski definition) is 1. The lowest BCUT2D eigenvalue weighted by atomic mass is 10.0. The first kappa shape index (κ1) is 14.1. The molecule has 1 nitrogen and oxygen atoms in total. The maximum atomic E-state index is 6.02. The number of rotatable bonds is 4. The molecular weight excluding hydrogens is 254 g/mol. The van der Waals surface area contributed by atoms with Gasteiger partial charge in [0.05, 0.1) is 0 Å². The minimum Gasteiger partial charge on any atom is -0.306 e. The Kier molecular flexibility index (Phi) is 4.62. The molecule has 0 aliphatic rings. The first-order valence-corrected chi connectivity index (χ1v) is 6.99. The maximum Gasteiger partial charge on any atom is 0.0409 e. The molecule has 2 rings (SSSR count). The van der Waals surface area contributed by atoms with Gasteiger partial charge in [-0.1, -0.05) is 41.9 Å². The number of hydrogen-bond acceptors (Lipinski definition) is 1. The van der Waals surface area contributed by atoms with Crippen molar-refractivity contribution >= 4 is 11.6 Å². The molecule has 0 fully saturated rings. The van der Waals surface area contributed by atoms with E-state index < -0.39 is 0 Å².